The van der Waals surface area contributed by atoms with Gasteiger partial charge in [0.25, 0.3) is 0 Å². The van der Waals surface area contributed by atoms with Crippen molar-refractivity contribution < 1.29 is 8.42 Å². The van der Waals surface area contributed by atoms with Crippen LogP contribution in [-0.4, -0.2) is 24.8 Å². The summed E-state index contributed by atoms with van der Waals surface area (Å²) >= 11 is 0. The van der Waals surface area contributed by atoms with Crippen molar-refractivity contribution in [1.82, 2.24) is 4.31 Å². The summed E-state index contributed by atoms with van der Waals surface area (Å²) in [6.45, 7) is 1.96. The van der Waals surface area contributed by atoms with Crippen LogP contribution >= 0.6 is 0 Å². The SMILES string of the molecule is Cc1ccc(S(=O)(=O)N2[C@H]3CCC[C@@H]32)cc1. The molecule has 3 rings (SSSR count). The van der Waals surface area contributed by atoms with E-state index in [9.17, 15) is 8.42 Å². The van der Waals surface area contributed by atoms with Crippen molar-refractivity contribution in [1.29, 1.82) is 0 Å². The zero-order valence-corrected chi connectivity index (χ0v) is 10.1. The molecule has 0 spiro atoms. The highest BCUT2D eigenvalue weighted by molar-refractivity contribution is 7.89. The highest BCUT2D eigenvalue weighted by Gasteiger charge is 2.57. The Labute approximate surface area is 96.1 Å². The zero-order chi connectivity index (χ0) is 11.3. The predicted molar refractivity (Wildman–Crippen MR) is 61.6 cm³/mol. The third-order valence-corrected chi connectivity index (χ3v) is 5.57. The molecule has 4 heteroatoms. The summed E-state index contributed by atoms with van der Waals surface area (Å²) in [5, 5.41) is 0. The van der Waals surface area contributed by atoms with Crippen LogP contribution in [0.3, 0.4) is 0 Å². The van der Waals surface area contributed by atoms with E-state index in [2.05, 4.69) is 0 Å². The van der Waals surface area contributed by atoms with Gasteiger partial charge < -0.3 is 0 Å². The van der Waals surface area contributed by atoms with Gasteiger partial charge in [-0.3, -0.25) is 0 Å². The molecule has 86 valence electrons. The molecule has 0 aromatic heterocycles. The van der Waals surface area contributed by atoms with Crippen LogP contribution < -0.4 is 0 Å². The third kappa shape index (κ3) is 1.40. The van der Waals surface area contributed by atoms with E-state index in [0.717, 1.165) is 18.4 Å². The van der Waals surface area contributed by atoms with Gasteiger partial charge in [0, 0.05) is 12.1 Å². The van der Waals surface area contributed by atoms with E-state index in [1.165, 1.54) is 6.42 Å². The van der Waals surface area contributed by atoms with Gasteiger partial charge in [0.15, 0.2) is 0 Å². The lowest BCUT2D eigenvalue weighted by atomic mass is 10.2. The van der Waals surface area contributed by atoms with Gasteiger partial charge in [-0.15, -0.1) is 0 Å². The Morgan fingerprint density at radius 1 is 1.12 bits per heavy atom. The maximum absolute atomic E-state index is 12.2. The summed E-state index contributed by atoms with van der Waals surface area (Å²) in [5.74, 6) is 0. The molecule has 1 heterocycles. The average Bonchev–Trinajstić information content (AvgIpc) is 2.77. The van der Waals surface area contributed by atoms with Crippen LogP contribution in [0.2, 0.25) is 0 Å². The topological polar surface area (TPSA) is 37.1 Å². The molecule has 2 atom stereocenters. The summed E-state index contributed by atoms with van der Waals surface area (Å²) in [5.41, 5.74) is 1.09. The van der Waals surface area contributed by atoms with Crippen LogP contribution in [0, 0.1) is 6.92 Å². The highest BCUT2D eigenvalue weighted by Crippen LogP contribution is 2.46. The normalized spacial score (nSPS) is 32.4. The molecule has 1 saturated carbocycles. The second-order valence-electron chi connectivity index (χ2n) is 4.71. The second kappa shape index (κ2) is 3.31. The minimum atomic E-state index is -3.21. The number of nitrogens with zero attached hydrogens (tertiary/aromatic N) is 1. The van der Waals surface area contributed by atoms with Gasteiger partial charge in [0.1, 0.15) is 0 Å². The quantitative estimate of drug-likeness (QED) is 0.737. The van der Waals surface area contributed by atoms with Gasteiger partial charge in [0.2, 0.25) is 10.0 Å². The minimum Gasteiger partial charge on any atom is -0.207 e. The molecule has 1 aromatic rings. The largest absolute Gasteiger partial charge is 0.243 e. The Balaban J connectivity index is 1.92. The molecular formula is C12H15NO2S. The zero-order valence-electron chi connectivity index (χ0n) is 9.26. The fraction of sp³-hybridized carbons (Fsp3) is 0.500. The lowest BCUT2D eigenvalue weighted by molar-refractivity contribution is 0.517. The fourth-order valence-electron chi connectivity index (χ4n) is 2.67. The fourth-order valence-corrected chi connectivity index (χ4v) is 4.55. The number of rotatable bonds is 2. The first-order valence-electron chi connectivity index (χ1n) is 5.71. The minimum absolute atomic E-state index is 0.298. The first-order valence-corrected chi connectivity index (χ1v) is 7.15. The summed E-state index contributed by atoms with van der Waals surface area (Å²) in [6, 6.07) is 7.72. The number of hydrogen-bond acceptors (Lipinski definition) is 2. The molecule has 0 unspecified atom stereocenters. The van der Waals surface area contributed by atoms with Crippen molar-refractivity contribution in [3.05, 3.63) is 29.8 Å². The standard InChI is InChI=1S/C12H15NO2S/c1-9-5-7-10(8-6-9)16(14,15)13-11-3-2-4-12(11)13/h5-8,11-12H,2-4H2,1H3/t11-,12-/m0/s1. The summed E-state index contributed by atoms with van der Waals surface area (Å²) in [7, 11) is -3.21. The second-order valence-corrected chi connectivity index (χ2v) is 6.56. The van der Waals surface area contributed by atoms with Gasteiger partial charge in [0.05, 0.1) is 4.90 Å². The van der Waals surface area contributed by atoms with Gasteiger partial charge in [-0.2, -0.15) is 4.31 Å². The van der Waals surface area contributed by atoms with Crippen molar-refractivity contribution in [3.8, 4) is 0 Å². The molecular weight excluding hydrogens is 222 g/mol. The van der Waals surface area contributed by atoms with Crippen molar-refractivity contribution >= 4 is 10.0 Å². The summed E-state index contributed by atoms with van der Waals surface area (Å²) in [4.78, 5) is 0.438. The maximum Gasteiger partial charge on any atom is 0.243 e. The third-order valence-electron chi connectivity index (χ3n) is 3.60. The van der Waals surface area contributed by atoms with Crippen molar-refractivity contribution in [2.24, 2.45) is 0 Å². The van der Waals surface area contributed by atoms with Crippen molar-refractivity contribution in [2.45, 2.75) is 43.2 Å². The van der Waals surface area contributed by atoms with Gasteiger partial charge in [-0.1, -0.05) is 24.1 Å². The van der Waals surface area contributed by atoms with Crippen LogP contribution in [-0.2, 0) is 10.0 Å². The van der Waals surface area contributed by atoms with E-state index in [1.807, 2.05) is 19.1 Å². The Bertz CT molecular complexity index is 496. The lowest BCUT2D eigenvalue weighted by Crippen LogP contribution is -2.17. The first-order chi connectivity index (χ1) is 7.60. The average molecular weight is 237 g/mol. The Kier molecular flexibility index (Phi) is 2.13. The molecule has 0 bridgehead atoms. The van der Waals surface area contributed by atoms with E-state index < -0.39 is 10.0 Å². The molecule has 0 radical (unpaired) electrons. The van der Waals surface area contributed by atoms with E-state index in [1.54, 1.807) is 16.4 Å². The number of aryl methyl sites for hydroxylation is 1. The van der Waals surface area contributed by atoms with Crippen LogP contribution in [0.15, 0.2) is 29.2 Å². The van der Waals surface area contributed by atoms with Gasteiger partial charge in [-0.25, -0.2) is 8.42 Å². The van der Waals surface area contributed by atoms with Crippen LogP contribution in [0.1, 0.15) is 24.8 Å². The summed E-state index contributed by atoms with van der Waals surface area (Å²) in [6.07, 6.45) is 3.25. The van der Waals surface area contributed by atoms with Crippen molar-refractivity contribution in [2.75, 3.05) is 0 Å². The Morgan fingerprint density at radius 2 is 1.69 bits per heavy atom. The molecule has 2 fully saturated rings. The number of sulfonamides is 1. The van der Waals surface area contributed by atoms with Crippen LogP contribution in [0.4, 0.5) is 0 Å². The molecule has 16 heavy (non-hydrogen) atoms. The number of fused-ring (bicyclic) bond motifs is 1. The van der Waals surface area contributed by atoms with Crippen molar-refractivity contribution in [3.63, 3.8) is 0 Å². The molecule has 3 nitrogen and oxygen atoms in total. The molecule has 1 saturated heterocycles. The van der Waals surface area contributed by atoms with Gasteiger partial charge >= 0.3 is 0 Å². The van der Waals surface area contributed by atoms with Crippen LogP contribution in [0.5, 0.6) is 0 Å². The smallest absolute Gasteiger partial charge is 0.207 e. The Hall–Kier alpha value is -0.870. The van der Waals surface area contributed by atoms with Crippen LogP contribution in [0.25, 0.3) is 0 Å². The van der Waals surface area contributed by atoms with E-state index in [0.29, 0.717) is 17.0 Å². The van der Waals surface area contributed by atoms with E-state index in [4.69, 9.17) is 0 Å². The summed E-state index contributed by atoms with van der Waals surface area (Å²) < 4.78 is 26.2. The molecule has 1 aliphatic carbocycles. The Morgan fingerprint density at radius 3 is 2.25 bits per heavy atom. The van der Waals surface area contributed by atoms with E-state index in [-0.39, 0.29) is 0 Å². The van der Waals surface area contributed by atoms with E-state index >= 15 is 0 Å². The molecule has 1 aliphatic heterocycles. The molecule has 2 aliphatic rings. The van der Waals surface area contributed by atoms with Gasteiger partial charge in [-0.05, 0) is 31.9 Å². The molecule has 0 amide bonds. The number of hydrogen-bond donors (Lipinski definition) is 0. The first kappa shape index (κ1) is 10.3. The predicted octanol–water partition coefficient (Wildman–Crippen LogP) is 1.92. The lowest BCUT2D eigenvalue weighted by Gasteiger charge is -2.09. The maximum atomic E-state index is 12.2. The molecule has 1 aromatic carbocycles. The monoisotopic (exact) mass is 237 g/mol. The highest BCUT2D eigenvalue weighted by atomic mass is 32.2. The molecule has 0 N–H and O–H groups in total. The number of piperidine rings is 1. The number of benzene rings is 1.